The number of carbonyl (C=O) groups is 1. The summed E-state index contributed by atoms with van der Waals surface area (Å²) in [7, 11) is -2.27. The molecule has 132 valence electrons. The molecule has 0 saturated carbocycles. The number of hydrogen-bond acceptors (Lipinski definition) is 5. The molecular formula is C19H20O5S. The molecule has 3 rings (SSSR count). The molecule has 0 spiro atoms. The molecule has 0 bridgehead atoms. The van der Waals surface area contributed by atoms with Crippen LogP contribution in [0, 0.1) is 0 Å². The highest BCUT2D eigenvalue weighted by molar-refractivity contribution is 7.91. The van der Waals surface area contributed by atoms with Gasteiger partial charge in [0.25, 0.3) is 0 Å². The van der Waals surface area contributed by atoms with Crippen molar-refractivity contribution >= 4 is 15.8 Å². The van der Waals surface area contributed by atoms with E-state index in [9.17, 15) is 18.3 Å². The summed E-state index contributed by atoms with van der Waals surface area (Å²) in [4.78, 5) is 12.1. The van der Waals surface area contributed by atoms with Crippen LogP contribution in [0.2, 0.25) is 0 Å². The molecule has 6 heteroatoms. The number of benzene rings is 2. The van der Waals surface area contributed by atoms with Crippen LogP contribution in [0.3, 0.4) is 0 Å². The number of carbonyl (C=O) groups excluding carboxylic acids is 1. The molecule has 0 heterocycles. The van der Waals surface area contributed by atoms with Crippen LogP contribution in [-0.2, 0) is 25.8 Å². The van der Waals surface area contributed by atoms with Gasteiger partial charge in [-0.05, 0) is 48.2 Å². The first-order valence-electron chi connectivity index (χ1n) is 8.11. The summed E-state index contributed by atoms with van der Waals surface area (Å²) in [6.45, 7) is 0. The summed E-state index contributed by atoms with van der Waals surface area (Å²) in [5.41, 5.74) is 1.67. The topological polar surface area (TPSA) is 80.7 Å². The number of aliphatic hydroxyl groups excluding tert-OH is 1. The number of esters is 1. The van der Waals surface area contributed by atoms with Crippen molar-refractivity contribution in [1.29, 1.82) is 0 Å². The van der Waals surface area contributed by atoms with Gasteiger partial charge in [0.15, 0.2) is 0 Å². The Hall–Kier alpha value is -2.18. The molecule has 2 aromatic carbocycles. The second kappa shape index (κ2) is 6.98. The van der Waals surface area contributed by atoms with Crippen molar-refractivity contribution in [2.24, 2.45) is 0 Å². The molecule has 0 aromatic heterocycles. The monoisotopic (exact) mass is 360 g/mol. The molecule has 1 N–H and O–H groups in total. The number of fused-ring (bicyclic) bond motifs is 1. The fourth-order valence-electron chi connectivity index (χ4n) is 3.28. The first-order valence-corrected chi connectivity index (χ1v) is 9.59. The molecule has 1 aliphatic carbocycles. The van der Waals surface area contributed by atoms with Crippen LogP contribution < -0.4 is 0 Å². The van der Waals surface area contributed by atoms with Crippen molar-refractivity contribution < 1.29 is 23.1 Å². The maximum atomic E-state index is 12.8. The number of hydrogen-bond donors (Lipinski definition) is 1. The number of sulfone groups is 1. The molecule has 2 unspecified atom stereocenters. The predicted molar refractivity (Wildman–Crippen MR) is 92.0 cm³/mol. The van der Waals surface area contributed by atoms with Crippen molar-refractivity contribution in [2.45, 2.75) is 41.1 Å². The third-order valence-electron chi connectivity index (χ3n) is 4.67. The Morgan fingerprint density at radius 1 is 1.16 bits per heavy atom. The zero-order valence-electron chi connectivity index (χ0n) is 13.9. The lowest BCUT2D eigenvalue weighted by Crippen LogP contribution is -2.27. The number of rotatable bonds is 4. The minimum absolute atomic E-state index is 0.0788. The Labute approximate surface area is 147 Å². The summed E-state index contributed by atoms with van der Waals surface area (Å²) < 4.78 is 30.2. The fourth-order valence-corrected chi connectivity index (χ4v) is 4.62. The fraction of sp³-hybridized carbons (Fsp3) is 0.316. The third-order valence-corrected chi connectivity index (χ3v) is 6.43. The summed E-state index contributed by atoms with van der Waals surface area (Å²) >= 11 is 0. The average Bonchev–Trinajstić information content (AvgIpc) is 2.64. The van der Waals surface area contributed by atoms with Crippen molar-refractivity contribution in [1.82, 2.24) is 0 Å². The Kier molecular flexibility index (Phi) is 4.92. The first kappa shape index (κ1) is 17.6. The van der Waals surface area contributed by atoms with E-state index in [1.165, 1.54) is 7.11 Å². The van der Waals surface area contributed by atoms with Crippen molar-refractivity contribution in [3.8, 4) is 0 Å². The van der Waals surface area contributed by atoms with E-state index in [1.54, 1.807) is 48.5 Å². The molecule has 2 aromatic rings. The largest absolute Gasteiger partial charge is 0.469 e. The van der Waals surface area contributed by atoms with Gasteiger partial charge in [-0.15, -0.1) is 0 Å². The summed E-state index contributed by atoms with van der Waals surface area (Å²) in [6.07, 6.45) is 0.508. The Morgan fingerprint density at radius 3 is 2.56 bits per heavy atom. The van der Waals surface area contributed by atoms with Crippen LogP contribution >= 0.6 is 0 Å². The third kappa shape index (κ3) is 3.45. The molecule has 0 aliphatic heterocycles. The van der Waals surface area contributed by atoms with Gasteiger partial charge in [-0.1, -0.05) is 24.3 Å². The summed E-state index contributed by atoms with van der Waals surface area (Å²) in [5, 5.41) is 10.2. The maximum absolute atomic E-state index is 12.8. The highest BCUT2D eigenvalue weighted by Gasteiger charge is 2.31. The van der Waals surface area contributed by atoms with E-state index >= 15 is 0 Å². The predicted octanol–water partition coefficient (Wildman–Crippen LogP) is 2.47. The second-order valence-electron chi connectivity index (χ2n) is 6.17. The highest BCUT2D eigenvalue weighted by atomic mass is 32.2. The van der Waals surface area contributed by atoms with E-state index < -0.39 is 21.9 Å². The highest BCUT2D eigenvalue weighted by Crippen LogP contribution is 2.36. The van der Waals surface area contributed by atoms with Crippen molar-refractivity contribution in [2.75, 3.05) is 7.11 Å². The molecule has 0 amide bonds. The molecule has 1 aliphatic rings. The van der Waals surface area contributed by atoms with E-state index in [0.29, 0.717) is 12.8 Å². The first-order chi connectivity index (χ1) is 11.9. The van der Waals surface area contributed by atoms with E-state index in [2.05, 4.69) is 0 Å². The van der Waals surface area contributed by atoms with Crippen LogP contribution in [0.4, 0.5) is 0 Å². The van der Waals surface area contributed by atoms with Crippen molar-refractivity contribution in [3.05, 3.63) is 59.7 Å². The average molecular weight is 360 g/mol. The number of ether oxygens (including phenoxy) is 1. The van der Waals surface area contributed by atoms with E-state index in [1.807, 2.05) is 0 Å². The lowest BCUT2D eigenvalue weighted by molar-refractivity contribution is -0.141. The van der Waals surface area contributed by atoms with Crippen molar-refractivity contribution in [3.63, 3.8) is 0 Å². The molecule has 25 heavy (non-hydrogen) atoms. The number of aryl methyl sites for hydroxylation is 1. The van der Waals surface area contributed by atoms with Gasteiger partial charge in [-0.3, -0.25) is 4.79 Å². The Bertz CT molecular complexity index is 874. The van der Waals surface area contributed by atoms with Gasteiger partial charge in [0.05, 0.1) is 29.4 Å². The van der Waals surface area contributed by atoms with Crippen LogP contribution in [0.15, 0.2) is 58.3 Å². The smallest absolute Gasteiger partial charge is 0.306 e. The molecular weight excluding hydrogens is 340 g/mol. The van der Waals surface area contributed by atoms with E-state index in [-0.39, 0.29) is 22.1 Å². The van der Waals surface area contributed by atoms with Crippen LogP contribution in [0.1, 0.15) is 29.9 Å². The Balaban J connectivity index is 1.99. The quantitative estimate of drug-likeness (QED) is 0.847. The molecule has 0 radical (unpaired) electrons. The van der Waals surface area contributed by atoms with Gasteiger partial charge < -0.3 is 9.84 Å². The number of aliphatic hydroxyl groups is 1. The van der Waals surface area contributed by atoms with Crippen LogP contribution in [-0.4, -0.2) is 32.7 Å². The minimum Gasteiger partial charge on any atom is -0.469 e. The van der Waals surface area contributed by atoms with Crippen LogP contribution in [0.5, 0.6) is 0 Å². The SMILES string of the molecule is COC(=O)CC1c2ccc(S(=O)(=O)c3ccccc3)cc2CCC1O. The Morgan fingerprint density at radius 2 is 1.88 bits per heavy atom. The van der Waals surface area contributed by atoms with Gasteiger partial charge in [0.2, 0.25) is 9.84 Å². The second-order valence-corrected chi connectivity index (χ2v) is 8.12. The standard InChI is InChI=1S/C19H20O5S/c1-24-19(21)12-17-16-9-8-15(11-13(16)7-10-18(17)20)25(22,23)14-5-3-2-4-6-14/h2-6,8-9,11,17-18,20H,7,10,12H2,1H3. The van der Waals surface area contributed by atoms with E-state index in [0.717, 1.165) is 11.1 Å². The van der Waals surface area contributed by atoms with Gasteiger partial charge in [-0.25, -0.2) is 8.42 Å². The molecule has 0 fully saturated rings. The van der Waals surface area contributed by atoms with Gasteiger partial charge in [0, 0.05) is 5.92 Å². The van der Waals surface area contributed by atoms with Crippen LogP contribution in [0.25, 0.3) is 0 Å². The zero-order chi connectivity index (χ0) is 18.0. The van der Waals surface area contributed by atoms with E-state index in [4.69, 9.17) is 4.74 Å². The molecule has 0 saturated heterocycles. The van der Waals surface area contributed by atoms with Gasteiger partial charge in [-0.2, -0.15) is 0 Å². The molecule has 2 atom stereocenters. The maximum Gasteiger partial charge on any atom is 0.306 e. The lowest BCUT2D eigenvalue weighted by atomic mass is 9.79. The lowest BCUT2D eigenvalue weighted by Gasteiger charge is -2.30. The van der Waals surface area contributed by atoms with Gasteiger partial charge >= 0.3 is 5.97 Å². The molecule has 5 nitrogen and oxygen atoms in total. The minimum atomic E-state index is -3.59. The normalized spacial score (nSPS) is 19.9. The zero-order valence-corrected chi connectivity index (χ0v) is 14.7. The number of methoxy groups -OCH3 is 1. The van der Waals surface area contributed by atoms with Gasteiger partial charge in [0.1, 0.15) is 0 Å². The summed E-state index contributed by atoms with van der Waals surface area (Å²) in [5.74, 6) is -0.762. The summed E-state index contributed by atoms with van der Waals surface area (Å²) in [6, 6.07) is 13.2.